The maximum absolute atomic E-state index is 11.9. The van der Waals surface area contributed by atoms with E-state index in [-0.39, 0.29) is 5.91 Å². The average molecular weight is 257 g/mol. The number of para-hydroxylation sites is 2. The van der Waals surface area contributed by atoms with Gasteiger partial charge in [0.1, 0.15) is 0 Å². The largest absolute Gasteiger partial charge is 0.324 e. The minimum Gasteiger partial charge on any atom is -0.324 e. The normalized spacial score (nSPS) is 16.0. The zero-order chi connectivity index (χ0) is 13.1. The Bertz CT molecular complexity index is 537. The number of carbonyl (C=O) groups excluding carboxylic acids is 1. The topological polar surface area (TPSA) is 57.8 Å². The van der Waals surface area contributed by atoms with Crippen molar-refractivity contribution < 1.29 is 4.79 Å². The highest BCUT2D eigenvalue weighted by molar-refractivity contribution is 5.90. The van der Waals surface area contributed by atoms with Gasteiger partial charge in [0.05, 0.1) is 11.0 Å². The molecule has 0 saturated heterocycles. The first-order chi connectivity index (χ1) is 9.31. The predicted molar refractivity (Wildman–Crippen MR) is 75.9 cm³/mol. The smallest absolute Gasteiger partial charge is 0.226 e. The van der Waals surface area contributed by atoms with Crippen molar-refractivity contribution in [1.82, 2.24) is 9.97 Å². The fourth-order valence-corrected chi connectivity index (χ4v) is 2.84. The minimum absolute atomic E-state index is 0.0611. The van der Waals surface area contributed by atoms with Gasteiger partial charge in [-0.15, -0.1) is 0 Å². The first kappa shape index (κ1) is 12.2. The molecule has 2 N–H and O–H groups in total. The van der Waals surface area contributed by atoms with Crippen molar-refractivity contribution >= 4 is 22.9 Å². The number of imidazole rings is 1. The van der Waals surface area contributed by atoms with Gasteiger partial charge in [-0.05, 0) is 24.5 Å². The molecule has 3 rings (SSSR count). The van der Waals surface area contributed by atoms with Crippen LogP contribution in [0.15, 0.2) is 24.3 Å². The van der Waals surface area contributed by atoms with Crippen LogP contribution >= 0.6 is 0 Å². The number of anilines is 1. The lowest BCUT2D eigenvalue weighted by Crippen LogP contribution is -2.13. The molecule has 2 aromatic rings. The summed E-state index contributed by atoms with van der Waals surface area (Å²) in [7, 11) is 0. The van der Waals surface area contributed by atoms with E-state index in [1.54, 1.807) is 0 Å². The second-order valence-electron chi connectivity index (χ2n) is 5.34. The Morgan fingerprint density at radius 2 is 2.11 bits per heavy atom. The van der Waals surface area contributed by atoms with Crippen molar-refractivity contribution in [1.29, 1.82) is 0 Å². The van der Waals surface area contributed by atoms with Crippen LogP contribution in [0, 0.1) is 5.92 Å². The Morgan fingerprint density at radius 3 is 2.89 bits per heavy atom. The van der Waals surface area contributed by atoms with Crippen LogP contribution in [0.5, 0.6) is 0 Å². The Labute approximate surface area is 112 Å². The van der Waals surface area contributed by atoms with Crippen LogP contribution in [0.2, 0.25) is 0 Å². The summed E-state index contributed by atoms with van der Waals surface area (Å²) in [4.78, 5) is 19.3. The molecule has 1 aromatic heterocycles. The van der Waals surface area contributed by atoms with Gasteiger partial charge in [-0.3, -0.25) is 10.1 Å². The van der Waals surface area contributed by atoms with Crippen LogP contribution in [0.1, 0.15) is 38.5 Å². The van der Waals surface area contributed by atoms with Crippen molar-refractivity contribution in [3.05, 3.63) is 24.3 Å². The van der Waals surface area contributed by atoms with Crippen LogP contribution < -0.4 is 5.32 Å². The van der Waals surface area contributed by atoms with Crippen LogP contribution in [-0.4, -0.2) is 15.9 Å². The van der Waals surface area contributed by atoms with Gasteiger partial charge in [-0.2, -0.15) is 0 Å². The number of hydrogen-bond donors (Lipinski definition) is 2. The van der Waals surface area contributed by atoms with Crippen LogP contribution in [0.4, 0.5) is 5.95 Å². The molecule has 1 heterocycles. The number of aromatic amines is 1. The van der Waals surface area contributed by atoms with Gasteiger partial charge in [0, 0.05) is 6.42 Å². The van der Waals surface area contributed by atoms with Crippen molar-refractivity contribution in [2.24, 2.45) is 5.92 Å². The number of H-pyrrole nitrogens is 1. The molecule has 0 spiro atoms. The number of nitrogens with one attached hydrogen (secondary N) is 2. The van der Waals surface area contributed by atoms with Crippen LogP contribution in [-0.2, 0) is 4.79 Å². The number of benzene rings is 1. The van der Waals surface area contributed by atoms with Crippen molar-refractivity contribution in [3.63, 3.8) is 0 Å². The third-order valence-corrected chi connectivity index (χ3v) is 3.90. The molecule has 1 aliphatic carbocycles. The summed E-state index contributed by atoms with van der Waals surface area (Å²) in [5.74, 6) is 1.37. The van der Waals surface area contributed by atoms with Crippen molar-refractivity contribution in [2.45, 2.75) is 38.5 Å². The fraction of sp³-hybridized carbons (Fsp3) is 0.467. The summed E-state index contributed by atoms with van der Waals surface area (Å²) < 4.78 is 0. The number of carbonyl (C=O) groups is 1. The molecule has 1 saturated carbocycles. The Hall–Kier alpha value is -1.84. The molecule has 0 atom stereocenters. The summed E-state index contributed by atoms with van der Waals surface area (Å²) in [6.45, 7) is 0. The van der Waals surface area contributed by atoms with Crippen LogP contribution in [0.3, 0.4) is 0 Å². The SMILES string of the molecule is O=C(CCC1CCCC1)Nc1nc2ccccc2[nH]1. The van der Waals surface area contributed by atoms with E-state index in [2.05, 4.69) is 15.3 Å². The summed E-state index contributed by atoms with van der Waals surface area (Å²) in [5, 5.41) is 2.85. The van der Waals surface area contributed by atoms with E-state index in [0.717, 1.165) is 23.4 Å². The number of fused-ring (bicyclic) bond motifs is 1. The number of rotatable bonds is 4. The Balaban J connectivity index is 1.56. The third kappa shape index (κ3) is 2.95. The summed E-state index contributed by atoms with van der Waals surface area (Å²) in [5.41, 5.74) is 1.84. The quantitative estimate of drug-likeness (QED) is 0.881. The van der Waals surface area contributed by atoms with Gasteiger partial charge in [-0.1, -0.05) is 37.8 Å². The molecule has 1 fully saturated rings. The Kier molecular flexibility index (Phi) is 3.49. The van der Waals surface area contributed by atoms with E-state index in [0.29, 0.717) is 12.4 Å². The standard InChI is InChI=1S/C15H19N3O/c19-14(10-9-11-5-1-2-6-11)18-15-16-12-7-3-4-8-13(12)17-15/h3-4,7-8,11H,1-2,5-6,9-10H2,(H2,16,17,18,19). The van der Waals surface area contributed by atoms with Gasteiger partial charge in [0.25, 0.3) is 0 Å². The molecular formula is C15H19N3O. The first-order valence-corrected chi connectivity index (χ1v) is 7.06. The maximum atomic E-state index is 11.9. The second-order valence-corrected chi connectivity index (χ2v) is 5.34. The molecule has 0 aliphatic heterocycles. The van der Waals surface area contributed by atoms with E-state index < -0.39 is 0 Å². The van der Waals surface area contributed by atoms with E-state index in [1.165, 1.54) is 25.7 Å². The van der Waals surface area contributed by atoms with Crippen LogP contribution in [0.25, 0.3) is 11.0 Å². The van der Waals surface area contributed by atoms with Gasteiger partial charge >= 0.3 is 0 Å². The first-order valence-electron chi connectivity index (χ1n) is 7.06. The number of nitrogens with zero attached hydrogens (tertiary/aromatic N) is 1. The fourth-order valence-electron chi connectivity index (χ4n) is 2.84. The van der Waals surface area contributed by atoms with E-state index >= 15 is 0 Å². The summed E-state index contributed by atoms with van der Waals surface area (Å²) >= 11 is 0. The highest BCUT2D eigenvalue weighted by Crippen LogP contribution is 2.28. The number of aromatic nitrogens is 2. The zero-order valence-corrected chi connectivity index (χ0v) is 11.0. The van der Waals surface area contributed by atoms with Gasteiger partial charge < -0.3 is 4.98 Å². The van der Waals surface area contributed by atoms with E-state index in [9.17, 15) is 4.79 Å². The molecule has 4 heteroatoms. The van der Waals surface area contributed by atoms with Crippen molar-refractivity contribution in [2.75, 3.05) is 5.32 Å². The zero-order valence-electron chi connectivity index (χ0n) is 11.0. The maximum Gasteiger partial charge on any atom is 0.226 e. The van der Waals surface area contributed by atoms with Gasteiger partial charge in [0.15, 0.2) is 0 Å². The molecule has 1 aromatic carbocycles. The minimum atomic E-state index is 0.0611. The summed E-state index contributed by atoms with van der Waals surface area (Å²) in [6.07, 6.45) is 6.84. The Morgan fingerprint density at radius 1 is 1.32 bits per heavy atom. The predicted octanol–water partition coefficient (Wildman–Crippen LogP) is 3.47. The molecule has 100 valence electrons. The highest BCUT2D eigenvalue weighted by atomic mass is 16.1. The lowest BCUT2D eigenvalue weighted by Gasteiger charge is -2.07. The van der Waals surface area contributed by atoms with Gasteiger partial charge in [-0.25, -0.2) is 4.98 Å². The van der Waals surface area contributed by atoms with E-state index in [4.69, 9.17) is 0 Å². The third-order valence-electron chi connectivity index (χ3n) is 3.90. The molecule has 1 aliphatic rings. The molecule has 1 amide bonds. The molecule has 0 unspecified atom stereocenters. The molecule has 0 bridgehead atoms. The summed E-state index contributed by atoms with van der Waals surface area (Å²) in [6, 6.07) is 7.78. The highest BCUT2D eigenvalue weighted by Gasteiger charge is 2.16. The number of hydrogen-bond acceptors (Lipinski definition) is 2. The van der Waals surface area contributed by atoms with Gasteiger partial charge in [0.2, 0.25) is 11.9 Å². The molecule has 4 nitrogen and oxygen atoms in total. The molecular weight excluding hydrogens is 238 g/mol. The lowest BCUT2D eigenvalue weighted by atomic mass is 10.0. The van der Waals surface area contributed by atoms with E-state index in [1.807, 2.05) is 24.3 Å². The molecule has 0 radical (unpaired) electrons. The number of amides is 1. The van der Waals surface area contributed by atoms with Crippen molar-refractivity contribution in [3.8, 4) is 0 Å². The molecule has 19 heavy (non-hydrogen) atoms. The lowest BCUT2D eigenvalue weighted by molar-refractivity contribution is -0.116. The second kappa shape index (κ2) is 5.43. The average Bonchev–Trinajstić information content (AvgIpc) is 3.04. The monoisotopic (exact) mass is 257 g/mol.